The number of hydrogen-bond donors (Lipinski definition) is 1. The summed E-state index contributed by atoms with van der Waals surface area (Å²) in [4.78, 5) is 0.307. The Morgan fingerprint density at radius 1 is 1.28 bits per heavy atom. The van der Waals surface area contributed by atoms with Crippen molar-refractivity contribution in [2.45, 2.75) is 24.3 Å². The second kappa shape index (κ2) is 5.57. The minimum atomic E-state index is -3.39. The summed E-state index contributed by atoms with van der Waals surface area (Å²) in [6, 6.07) is 6.68. The fraction of sp³-hybridized carbons (Fsp3) is 0.500. The molecule has 1 atom stereocenters. The molecule has 0 bridgehead atoms. The lowest BCUT2D eigenvalue weighted by molar-refractivity contribution is 0.429. The molecule has 1 N–H and O–H groups in total. The van der Waals surface area contributed by atoms with E-state index < -0.39 is 10.0 Å². The van der Waals surface area contributed by atoms with Crippen LogP contribution in [0.25, 0.3) is 0 Å². The number of sulfonamides is 1. The molecule has 1 aliphatic rings. The zero-order valence-electron chi connectivity index (χ0n) is 10.3. The highest BCUT2D eigenvalue weighted by atomic mass is 35.5. The van der Waals surface area contributed by atoms with Gasteiger partial charge in [-0.15, -0.1) is 0 Å². The van der Waals surface area contributed by atoms with Crippen molar-refractivity contribution in [3.8, 4) is 0 Å². The van der Waals surface area contributed by atoms with E-state index in [-0.39, 0.29) is 0 Å². The van der Waals surface area contributed by atoms with Crippen LogP contribution in [0.15, 0.2) is 29.2 Å². The molecule has 0 aliphatic carbocycles. The van der Waals surface area contributed by atoms with Crippen LogP contribution in [-0.4, -0.2) is 38.4 Å². The zero-order valence-corrected chi connectivity index (χ0v) is 11.8. The molecule has 0 saturated carbocycles. The summed E-state index contributed by atoms with van der Waals surface area (Å²) in [6.45, 7) is 3.82. The lowest BCUT2D eigenvalue weighted by atomic mass is 10.2. The van der Waals surface area contributed by atoms with E-state index in [9.17, 15) is 8.42 Å². The average Bonchev–Trinajstić information content (AvgIpc) is 2.55. The van der Waals surface area contributed by atoms with Crippen LogP contribution in [0, 0.1) is 0 Å². The van der Waals surface area contributed by atoms with Gasteiger partial charge in [0.05, 0.1) is 4.90 Å². The number of nitrogens with one attached hydrogen (secondary N) is 1. The topological polar surface area (TPSA) is 49.4 Å². The standard InChI is InChI=1S/C12H17ClN2O2S/c1-10-6-8-15(9-7-14-10)18(16,17)12-4-2-11(13)3-5-12/h2-5,10,14H,6-9H2,1H3. The van der Waals surface area contributed by atoms with Crippen LogP contribution in [0.5, 0.6) is 0 Å². The van der Waals surface area contributed by atoms with Gasteiger partial charge in [-0.1, -0.05) is 11.6 Å². The van der Waals surface area contributed by atoms with E-state index in [1.165, 1.54) is 4.31 Å². The molecule has 1 heterocycles. The Bertz CT molecular complexity index is 501. The highest BCUT2D eigenvalue weighted by Gasteiger charge is 2.26. The fourth-order valence-electron chi connectivity index (χ4n) is 1.98. The molecule has 0 aromatic heterocycles. The quantitative estimate of drug-likeness (QED) is 0.901. The van der Waals surface area contributed by atoms with Gasteiger partial charge < -0.3 is 5.32 Å². The molecule has 100 valence electrons. The van der Waals surface area contributed by atoms with Gasteiger partial charge in [-0.2, -0.15) is 4.31 Å². The maximum atomic E-state index is 12.4. The van der Waals surface area contributed by atoms with Crippen LogP contribution in [0.2, 0.25) is 5.02 Å². The SMILES string of the molecule is CC1CCN(S(=O)(=O)c2ccc(Cl)cc2)CCN1. The Kier molecular flexibility index (Phi) is 4.27. The molecular formula is C12H17ClN2O2S. The van der Waals surface area contributed by atoms with Gasteiger partial charge in [0.2, 0.25) is 10.0 Å². The Balaban J connectivity index is 2.22. The van der Waals surface area contributed by atoms with Crippen LogP contribution < -0.4 is 5.32 Å². The predicted molar refractivity (Wildman–Crippen MR) is 72.3 cm³/mol. The van der Waals surface area contributed by atoms with Gasteiger partial charge in [0, 0.05) is 30.7 Å². The van der Waals surface area contributed by atoms with Crippen LogP contribution >= 0.6 is 11.6 Å². The molecule has 1 saturated heterocycles. The summed E-state index contributed by atoms with van der Waals surface area (Å²) in [5.74, 6) is 0. The molecule has 1 aliphatic heterocycles. The van der Waals surface area contributed by atoms with Gasteiger partial charge in [0.1, 0.15) is 0 Å². The van der Waals surface area contributed by atoms with Crippen molar-refractivity contribution in [3.05, 3.63) is 29.3 Å². The highest BCUT2D eigenvalue weighted by Crippen LogP contribution is 2.19. The number of rotatable bonds is 2. The van der Waals surface area contributed by atoms with Gasteiger partial charge in [-0.05, 0) is 37.6 Å². The van der Waals surface area contributed by atoms with E-state index in [2.05, 4.69) is 12.2 Å². The molecule has 1 fully saturated rings. The third-order valence-corrected chi connectivity index (χ3v) is 5.28. The second-order valence-electron chi connectivity index (χ2n) is 4.50. The molecule has 1 aromatic carbocycles. The largest absolute Gasteiger partial charge is 0.313 e. The van der Waals surface area contributed by atoms with Crippen molar-refractivity contribution in [2.24, 2.45) is 0 Å². The first-order valence-electron chi connectivity index (χ1n) is 5.99. The number of halogens is 1. The van der Waals surface area contributed by atoms with E-state index in [1.807, 2.05) is 0 Å². The molecule has 0 spiro atoms. The van der Waals surface area contributed by atoms with E-state index in [0.29, 0.717) is 35.6 Å². The minimum Gasteiger partial charge on any atom is -0.313 e. The van der Waals surface area contributed by atoms with Crippen LogP contribution in [-0.2, 0) is 10.0 Å². The van der Waals surface area contributed by atoms with Gasteiger partial charge in [-0.3, -0.25) is 0 Å². The molecule has 1 aromatic rings. The summed E-state index contributed by atoms with van der Waals surface area (Å²) in [7, 11) is -3.39. The van der Waals surface area contributed by atoms with Crippen molar-refractivity contribution < 1.29 is 8.42 Å². The van der Waals surface area contributed by atoms with Crippen molar-refractivity contribution in [1.82, 2.24) is 9.62 Å². The fourth-order valence-corrected chi connectivity index (χ4v) is 3.56. The molecule has 4 nitrogen and oxygen atoms in total. The van der Waals surface area contributed by atoms with Gasteiger partial charge in [0.15, 0.2) is 0 Å². The van der Waals surface area contributed by atoms with Gasteiger partial charge in [-0.25, -0.2) is 8.42 Å². The van der Waals surface area contributed by atoms with E-state index in [1.54, 1.807) is 24.3 Å². The van der Waals surface area contributed by atoms with Crippen LogP contribution in [0.3, 0.4) is 0 Å². The molecule has 0 amide bonds. The normalized spacial score (nSPS) is 22.7. The number of nitrogens with zero attached hydrogens (tertiary/aromatic N) is 1. The Morgan fingerprint density at radius 2 is 1.94 bits per heavy atom. The van der Waals surface area contributed by atoms with E-state index in [4.69, 9.17) is 11.6 Å². The second-order valence-corrected chi connectivity index (χ2v) is 6.88. The zero-order chi connectivity index (χ0) is 13.2. The Hall–Kier alpha value is -0.620. The molecular weight excluding hydrogens is 272 g/mol. The molecule has 18 heavy (non-hydrogen) atoms. The lowest BCUT2D eigenvalue weighted by Gasteiger charge is -2.19. The Labute approximate surface area is 113 Å². The predicted octanol–water partition coefficient (Wildman–Crippen LogP) is 1.71. The molecule has 1 unspecified atom stereocenters. The van der Waals surface area contributed by atoms with Crippen molar-refractivity contribution in [2.75, 3.05) is 19.6 Å². The molecule has 2 rings (SSSR count). The summed E-state index contributed by atoms with van der Waals surface area (Å²) in [6.07, 6.45) is 0.826. The van der Waals surface area contributed by atoms with Crippen molar-refractivity contribution >= 4 is 21.6 Å². The first-order valence-corrected chi connectivity index (χ1v) is 7.81. The van der Waals surface area contributed by atoms with Crippen LogP contribution in [0.1, 0.15) is 13.3 Å². The van der Waals surface area contributed by atoms with Crippen LogP contribution in [0.4, 0.5) is 0 Å². The number of benzene rings is 1. The first-order chi connectivity index (χ1) is 8.50. The molecule has 0 radical (unpaired) electrons. The molecule has 6 heteroatoms. The summed E-state index contributed by atoms with van der Waals surface area (Å²) in [5, 5.41) is 3.82. The van der Waals surface area contributed by atoms with E-state index in [0.717, 1.165) is 6.42 Å². The monoisotopic (exact) mass is 288 g/mol. The Morgan fingerprint density at radius 3 is 2.61 bits per heavy atom. The van der Waals surface area contributed by atoms with Gasteiger partial charge >= 0.3 is 0 Å². The lowest BCUT2D eigenvalue weighted by Crippen LogP contribution is -2.34. The third-order valence-electron chi connectivity index (χ3n) is 3.12. The van der Waals surface area contributed by atoms with Crippen molar-refractivity contribution in [1.29, 1.82) is 0 Å². The van der Waals surface area contributed by atoms with Crippen molar-refractivity contribution in [3.63, 3.8) is 0 Å². The smallest absolute Gasteiger partial charge is 0.243 e. The first kappa shape index (κ1) is 13.8. The minimum absolute atomic E-state index is 0.307. The summed E-state index contributed by atoms with van der Waals surface area (Å²) < 4.78 is 26.4. The highest BCUT2D eigenvalue weighted by molar-refractivity contribution is 7.89. The maximum Gasteiger partial charge on any atom is 0.243 e. The summed E-state index contributed by atoms with van der Waals surface area (Å²) >= 11 is 5.77. The average molecular weight is 289 g/mol. The van der Waals surface area contributed by atoms with Gasteiger partial charge in [0.25, 0.3) is 0 Å². The number of hydrogen-bond acceptors (Lipinski definition) is 3. The third kappa shape index (κ3) is 3.03. The summed E-state index contributed by atoms with van der Waals surface area (Å²) in [5.41, 5.74) is 0. The maximum absolute atomic E-state index is 12.4. The van der Waals surface area contributed by atoms with E-state index >= 15 is 0 Å².